The van der Waals surface area contributed by atoms with Gasteiger partial charge in [-0.2, -0.15) is 5.10 Å². The Kier molecular flexibility index (Phi) is 5.13. The fraction of sp³-hybridized carbons (Fsp3) is 0.765. The second kappa shape index (κ2) is 7.27. The molecule has 0 bridgehead atoms. The normalized spacial score (nSPS) is 20.1. The topological polar surface area (TPSA) is 50.2 Å². The number of rotatable bonds is 6. The van der Waals surface area contributed by atoms with Gasteiger partial charge in [0, 0.05) is 49.9 Å². The van der Waals surface area contributed by atoms with Gasteiger partial charge in [0.1, 0.15) is 0 Å². The van der Waals surface area contributed by atoms with Crippen LogP contribution in [0.5, 0.6) is 0 Å². The molecule has 1 aromatic heterocycles. The molecule has 0 atom stereocenters. The van der Waals surface area contributed by atoms with Gasteiger partial charge in [-0.1, -0.05) is 13.3 Å². The fourth-order valence-corrected chi connectivity index (χ4v) is 3.33. The van der Waals surface area contributed by atoms with Crippen LogP contribution in [0.4, 0.5) is 0 Å². The second-order valence-electron chi connectivity index (χ2n) is 6.72. The number of carbonyl (C=O) groups is 1. The Hall–Kier alpha value is -1.36. The van der Waals surface area contributed by atoms with Crippen molar-refractivity contribution in [2.75, 3.05) is 13.1 Å². The molecule has 3 rings (SSSR count). The number of hydrogen-bond acceptors (Lipinski definition) is 3. The zero-order valence-corrected chi connectivity index (χ0v) is 13.6. The predicted octanol–water partition coefficient (Wildman–Crippen LogP) is 2.17. The maximum atomic E-state index is 12.2. The third kappa shape index (κ3) is 3.69. The summed E-state index contributed by atoms with van der Waals surface area (Å²) >= 11 is 0. The predicted molar refractivity (Wildman–Crippen MR) is 86.3 cm³/mol. The molecule has 122 valence electrons. The Balaban J connectivity index is 1.38. The van der Waals surface area contributed by atoms with E-state index >= 15 is 0 Å². The quantitative estimate of drug-likeness (QED) is 0.876. The van der Waals surface area contributed by atoms with E-state index in [1.165, 1.54) is 12.0 Å². The zero-order valence-electron chi connectivity index (χ0n) is 13.6. The molecule has 2 fully saturated rings. The van der Waals surface area contributed by atoms with Crippen LogP contribution in [0.25, 0.3) is 0 Å². The average molecular weight is 304 g/mol. The summed E-state index contributed by atoms with van der Waals surface area (Å²) in [5.74, 6) is 0.749. The lowest BCUT2D eigenvalue weighted by Crippen LogP contribution is -2.47. The summed E-state index contributed by atoms with van der Waals surface area (Å²) < 4.78 is 2.01. The number of aryl methyl sites for hydroxylation is 1. The van der Waals surface area contributed by atoms with E-state index in [0.717, 1.165) is 58.3 Å². The van der Waals surface area contributed by atoms with Crippen molar-refractivity contribution >= 4 is 5.91 Å². The molecule has 5 heteroatoms. The highest BCUT2D eigenvalue weighted by molar-refractivity contribution is 5.79. The van der Waals surface area contributed by atoms with Crippen LogP contribution in [0.15, 0.2) is 12.4 Å². The van der Waals surface area contributed by atoms with Crippen molar-refractivity contribution in [2.24, 2.45) is 5.92 Å². The van der Waals surface area contributed by atoms with E-state index in [2.05, 4.69) is 28.4 Å². The summed E-state index contributed by atoms with van der Waals surface area (Å²) in [4.78, 5) is 14.3. The summed E-state index contributed by atoms with van der Waals surface area (Å²) in [6.07, 6.45) is 10.8. The van der Waals surface area contributed by atoms with Gasteiger partial charge < -0.3 is 10.2 Å². The van der Waals surface area contributed by atoms with Crippen LogP contribution in [0.3, 0.4) is 0 Å². The lowest BCUT2D eigenvalue weighted by molar-refractivity contribution is -0.139. The van der Waals surface area contributed by atoms with Gasteiger partial charge in [-0.05, 0) is 32.1 Å². The number of piperidine rings is 1. The van der Waals surface area contributed by atoms with Crippen molar-refractivity contribution in [3.63, 3.8) is 0 Å². The van der Waals surface area contributed by atoms with Gasteiger partial charge in [-0.25, -0.2) is 0 Å². The van der Waals surface area contributed by atoms with Crippen LogP contribution >= 0.6 is 0 Å². The van der Waals surface area contributed by atoms with Crippen LogP contribution in [-0.2, 0) is 17.9 Å². The highest BCUT2D eigenvalue weighted by atomic mass is 16.2. The van der Waals surface area contributed by atoms with Gasteiger partial charge in [0.15, 0.2) is 0 Å². The molecular formula is C17H28N4O. The van der Waals surface area contributed by atoms with E-state index in [0.29, 0.717) is 17.9 Å². The summed E-state index contributed by atoms with van der Waals surface area (Å²) in [7, 11) is 0. The van der Waals surface area contributed by atoms with Crippen LogP contribution in [0.1, 0.15) is 51.0 Å². The SMILES string of the molecule is CCCn1cc(CNC2CCN(C(=O)C3CCC3)CC2)cn1. The monoisotopic (exact) mass is 304 g/mol. The molecule has 0 radical (unpaired) electrons. The second-order valence-corrected chi connectivity index (χ2v) is 6.72. The lowest BCUT2D eigenvalue weighted by atomic mass is 9.84. The van der Waals surface area contributed by atoms with Gasteiger partial charge >= 0.3 is 0 Å². The maximum absolute atomic E-state index is 12.2. The van der Waals surface area contributed by atoms with Crippen LogP contribution in [-0.4, -0.2) is 39.7 Å². The number of nitrogens with zero attached hydrogens (tertiary/aromatic N) is 3. The minimum Gasteiger partial charge on any atom is -0.342 e. The van der Waals surface area contributed by atoms with E-state index in [1.54, 1.807) is 0 Å². The largest absolute Gasteiger partial charge is 0.342 e. The standard InChI is InChI=1S/C17H28N4O/c1-2-8-21-13-14(12-19-21)11-18-16-6-9-20(10-7-16)17(22)15-4-3-5-15/h12-13,15-16,18H,2-11H2,1H3. The third-order valence-electron chi connectivity index (χ3n) is 5.00. The Morgan fingerprint density at radius 1 is 1.32 bits per heavy atom. The first-order valence-electron chi connectivity index (χ1n) is 8.79. The molecule has 1 aliphatic heterocycles. The van der Waals surface area contributed by atoms with Gasteiger partial charge in [0.25, 0.3) is 0 Å². The summed E-state index contributed by atoms with van der Waals surface area (Å²) in [5, 5.41) is 7.98. The van der Waals surface area contributed by atoms with Crippen LogP contribution in [0.2, 0.25) is 0 Å². The summed E-state index contributed by atoms with van der Waals surface area (Å²) in [6.45, 7) is 5.87. The van der Waals surface area contributed by atoms with Crippen molar-refractivity contribution in [2.45, 2.75) is 64.6 Å². The molecule has 22 heavy (non-hydrogen) atoms. The first-order valence-corrected chi connectivity index (χ1v) is 8.79. The smallest absolute Gasteiger partial charge is 0.225 e. The molecule has 0 spiro atoms. The molecular weight excluding hydrogens is 276 g/mol. The molecule has 2 heterocycles. The molecule has 1 N–H and O–H groups in total. The van der Waals surface area contributed by atoms with Crippen molar-refractivity contribution in [1.29, 1.82) is 0 Å². The number of carbonyl (C=O) groups excluding carboxylic acids is 1. The zero-order chi connectivity index (χ0) is 15.4. The van der Waals surface area contributed by atoms with Gasteiger partial charge in [0.05, 0.1) is 6.20 Å². The molecule has 0 unspecified atom stereocenters. The Morgan fingerprint density at radius 2 is 2.09 bits per heavy atom. The Labute approximate surface area is 133 Å². The minimum atomic E-state index is 0.342. The molecule has 1 amide bonds. The van der Waals surface area contributed by atoms with E-state index in [4.69, 9.17) is 0 Å². The first-order chi connectivity index (χ1) is 10.8. The van der Waals surface area contributed by atoms with Crippen molar-refractivity contribution in [3.05, 3.63) is 18.0 Å². The van der Waals surface area contributed by atoms with Crippen LogP contribution in [0, 0.1) is 5.92 Å². The molecule has 1 saturated heterocycles. The Bertz CT molecular complexity index is 487. The van der Waals surface area contributed by atoms with E-state index in [1.807, 2.05) is 10.9 Å². The maximum Gasteiger partial charge on any atom is 0.225 e. The van der Waals surface area contributed by atoms with E-state index in [-0.39, 0.29) is 0 Å². The third-order valence-corrected chi connectivity index (χ3v) is 5.00. The number of aromatic nitrogens is 2. The van der Waals surface area contributed by atoms with Gasteiger partial charge in [-0.3, -0.25) is 9.48 Å². The summed E-state index contributed by atoms with van der Waals surface area (Å²) in [6, 6.07) is 0.528. The van der Waals surface area contributed by atoms with Gasteiger partial charge in [-0.15, -0.1) is 0 Å². The fourth-order valence-electron chi connectivity index (χ4n) is 3.33. The number of likely N-dealkylation sites (tertiary alicyclic amines) is 1. The number of nitrogens with one attached hydrogen (secondary N) is 1. The summed E-state index contributed by atoms with van der Waals surface area (Å²) in [5.41, 5.74) is 1.25. The number of amides is 1. The molecule has 2 aliphatic rings. The van der Waals surface area contributed by atoms with E-state index < -0.39 is 0 Å². The highest BCUT2D eigenvalue weighted by Gasteiger charge is 2.31. The molecule has 1 aliphatic carbocycles. The Morgan fingerprint density at radius 3 is 2.73 bits per heavy atom. The molecule has 0 aromatic carbocycles. The van der Waals surface area contributed by atoms with Crippen molar-refractivity contribution < 1.29 is 4.79 Å². The van der Waals surface area contributed by atoms with Crippen molar-refractivity contribution in [3.8, 4) is 0 Å². The molecule has 1 aromatic rings. The first kappa shape index (κ1) is 15.5. The minimum absolute atomic E-state index is 0.342. The highest BCUT2D eigenvalue weighted by Crippen LogP contribution is 2.29. The van der Waals surface area contributed by atoms with Crippen LogP contribution < -0.4 is 5.32 Å². The average Bonchev–Trinajstić information content (AvgIpc) is 2.92. The lowest BCUT2D eigenvalue weighted by Gasteiger charge is -2.36. The van der Waals surface area contributed by atoms with Gasteiger partial charge in [0.2, 0.25) is 5.91 Å². The van der Waals surface area contributed by atoms with E-state index in [9.17, 15) is 4.79 Å². The molecule has 5 nitrogen and oxygen atoms in total. The van der Waals surface area contributed by atoms with Crippen molar-refractivity contribution in [1.82, 2.24) is 20.0 Å². The molecule has 1 saturated carbocycles. The number of hydrogen-bond donors (Lipinski definition) is 1.